The maximum atomic E-state index is 12.6. The maximum Gasteiger partial charge on any atom is 0.244 e. The largest absolute Gasteiger partial charge is 0.260 e. The summed E-state index contributed by atoms with van der Waals surface area (Å²) in [5, 5.41) is 0. The summed E-state index contributed by atoms with van der Waals surface area (Å²) in [6.45, 7) is 0. The molecule has 0 aromatic carbocycles. The van der Waals surface area contributed by atoms with Crippen molar-refractivity contribution in [2.24, 2.45) is 0 Å². The Balaban J connectivity index is 3.24. The van der Waals surface area contributed by atoms with Crippen LogP contribution in [-0.4, -0.2) is 31.8 Å². The summed E-state index contributed by atoms with van der Waals surface area (Å²) in [7, 11) is -0.818. The van der Waals surface area contributed by atoms with Crippen LogP contribution in [0.25, 0.3) is 0 Å². The van der Waals surface area contributed by atoms with Crippen LogP contribution in [-0.2, 0) is 10.0 Å². The standard InChI is InChI=1S/C7H9FN2O2S/c1-10(2)13(11,12)7-3-6(8)4-9-5-7/h3-5H,1-2H3. The molecular formula is C7H9FN2O2S. The monoisotopic (exact) mass is 204 g/mol. The Hall–Kier alpha value is -1.01. The Labute approximate surface area is 76.1 Å². The number of sulfonamides is 1. The van der Waals surface area contributed by atoms with Crippen molar-refractivity contribution in [2.45, 2.75) is 4.90 Å². The molecular weight excluding hydrogens is 195 g/mol. The van der Waals surface area contributed by atoms with Crippen LogP contribution in [0.15, 0.2) is 23.4 Å². The van der Waals surface area contributed by atoms with Crippen molar-refractivity contribution in [2.75, 3.05) is 14.1 Å². The molecule has 0 N–H and O–H groups in total. The molecule has 6 heteroatoms. The molecule has 1 aromatic rings. The van der Waals surface area contributed by atoms with Gasteiger partial charge in [0.25, 0.3) is 0 Å². The van der Waals surface area contributed by atoms with Gasteiger partial charge >= 0.3 is 0 Å². The number of aromatic nitrogens is 1. The molecule has 0 atom stereocenters. The molecule has 0 spiro atoms. The second kappa shape index (κ2) is 3.39. The van der Waals surface area contributed by atoms with Crippen LogP contribution in [0.2, 0.25) is 0 Å². The first-order valence-corrected chi connectivity index (χ1v) is 4.91. The molecule has 1 aromatic heterocycles. The SMILES string of the molecule is CN(C)S(=O)(=O)c1cncc(F)c1. The molecule has 72 valence electrons. The number of hydrogen-bond donors (Lipinski definition) is 0. The van der Waals surface area contributed by atoms with Gasteiger partial charge in [-0.05, 0) is 6.07 Å². The van der Waals surface area contributed by atoms with Gasteiger partial charge in [-0.15, -0.1) is 0 Å². The van der Waals surface area contributed by atoms with E-state index >= 15 is 0 Å². The van der Waals surface area contributed by atoms with E-state index in [2.05, 4.69) is 4.98 Å². The van der Waals surface area contributed by atoms with Gasteiger partial charge in [0.1, 0.15) is 10.7 Å². The summed E-state index contributed by atoms with van der Waals surface area (Å²) in [5.41, 5.74) is 0. The van der Waals surface area contributed by atoms with Crippen LogP contribution in [0.3, 0.4) is 0 Å². The second-order valence-electron chi connectivity index (χ2n) is 2.63. The summed E-state index contributed by atoms with van der Waals surface area (Å²) in [6.07, 6.45) is 2.06. The average Bonchev–Trinajstić information content (AvgIpc) is 2.04. The van der Waals surface area contributed by atoms with Gasteiger partial charge in [0.2, 0.25) is 10.0 Å². The highest BCUT2D eigenvalue weighted by atomic mass is 32.2. The van der Waals surface area contributed by atoms with Gasteiger partial charge in [0.05, 0.1) is 6.20 Å². The molecule has 0 aliphatic rings. The third-order valence-electron chi connectivity index (χ3n) is 1.46. The molecule has 0 radical (unpaired) electrons. The van der Waals surface area contributed by atoms with E-state index in [9.17, 15) is 12.8 Å². The fraction of sp³-hybridized carbons (Fsp3) is 0.286. The summed E-state index contributed by atoms with van der Waals surface area (Å²) < 4.78 is 36.4. The zero-order valence-electron chi connectivity index (χ0n) is 7.23. The lowest BCUT2D eigenvalue weighted by Crippen LogP contribution is -2.22. The molecule has 1 heterocycles. The molecule has 13 heavy (non-hydrogen) atoms. The minimum absolute atomic E-state index is 0.141. The smallest absolute Gasteiger partial charge is 0.244 e. The fourth-order valence-electron chi connectivity index (χ4n) is 0.744. The van der Waals surface area contributed by atoms with Crippen LogP contribution in [0.4, 0.5) is 4.39 Å². The number of nitrogens with zero attached hydrogens (tertiary/aromatic N) is 2. The van der Waals surface area contributed by atoms with Crippen molar-refractivity contribution >= 4 is 10.0 Å². The lowest BCUT2D eigenvalue weighted by atomic mass is 10.5. The van der Waals surface area contributed by atoms with Crippen LogP contribution in [0.5, 0.6) is 0 Å². The van der Waals surface area contributed by atoms with Gasteiger partial charge < -0.3 is 0 Å². The molecule has 0 fully saturated rings. The molecule has 0 amide bonds. The lowest BCUT2D eigenvalue weighted by molar-refractivity contribution is 0.518. The summed E-state index contributed by atoms with van der Waals surface area (Å²) in [6, 6.07) is 0.933. The van der Waals surface area contributed by atoms with Crippen LogP contribution < -0.4 is 0 Å². The van der Waals surface area contributed by atoms with Crippen molar-refractivity contribution in [1.29, 1.82) is 0 Å². The van der Waals surface area contributed by atoms with Crippen molar-refractivity contribution in [3.63, 3.8) is 0 Å². The Bertz CT molecular complexity index is 403. The zero-order valence-corrected chi connectivity index (χ0v) is 8.05. The normalized spacial score (nSPS) is 12.0. The molecule has 1 rings (SSSR count). The van der Waals surface area contributed by atoms with E-state index in [1.165, 1.54) is 14.1 Å². The second-order valence-corrected chi connectivity index (χ2v) is 4.78. The Morgan fingerprint density at radius 2 is 2.00 bits per heavy atom. The third kappa shape index (κ3) is 2.02. The number of pyridine rings is 1. The fourth-order valence-corrected chi connectivity index (χ4v) is 1.62. The van der Waals surface area contributed by atoms with Gasteiger partial charge in [-0.1, -0.05) is 0 Å². The molecule has 0 unspecified atom stereocenters. The Kier molecular flexibility index (Phi) is 2.63. The van der Waals surface area contributed by atoms with Gasteiger partial charge in [-0.25, -0.2) is 17.1 Å². The van der Waals surface area contributed by atoms with E-state index in [0.29, 0.717) is 0 Å². The molecule has 0 saturated carbocycles. The highest BCUT2D eigenvalue weighted by Gasteiger charge is 2.17. The summed E-state index contributed by atoms with van der Waals surface area (Å²) >= 11 is 0. The third-order valence-corrected chi connectivity index (χ3v) is 3.24. The Morgan fingerprint density at radius 1 is 1.38 bits per heavy atom. The van der Waals surface area contributed by atoms with E-state index in [0.717, 1.165) is 22.8 Å². The van der Waals surface area contributed by atoms with Crippen LogP contribution >= 0.6 is 0 Å². The van der Waals surface area contributed by atoms with Crippen molar-refractivity contribution in [3.05, 3.63) is 24.3 Å². The van der Waals surface area contributed by atoms with E-state index in [4.69, 9.17) is 0 Å². The van der Waals surface area contributed by atoms with E-state index in [-0.39, 0.29) is 4.90 Å². The first-order valence-electron chi connectivity index (χ1n) is 3.47. The predicted octanol–water partition coefficient (Wildman–Crippen LogP) is 0.471. The molecule has 0 aliphatic carbocycles. The summed E-state index contributed by atoms with van der Waals surface area (Å²) in [5.74, 6) is -0.664. The van der Waals surface area contributed by atoms with Gasteiger partial charge in [0.15, 0.2) is 0 Å². The number of rotatable bonds is 2. The molecule has 0 aliphatic heterocycles. The highest BCUT2D eigenvalue weighted by molar-refractivity contribution is 7.89. The van der Waals surface area contributed by atoms with Gasteiger partial charge in [0, 0.05) is 20.3 Å². The van der Waals surface area contributed by atoms with Crippen LogP contribution in [0, 0.1) is 5.82 Å². The quantitative estimate of drug-likeness (QED) is 0.703. The topological polar surface area (TPSA) is 50.3 Å². The highest BCUT2D eigenvalue weighted by Crippen LogP contribution is 2.11. The van der Waals surface area contributed by atoms with Crippen molar-refractivity contribution < 1.29 is 12.8 Å². The minimum atomic E-state index is -3.57. The summed E-state index contributed by atoms with van der Waals surface area (Å²) in [4.78, 5) is 3.31. The minimum Gasteiger partial charge on any atom is -0.260 e. The molecule has 0 saturated heterocycles. The lowest BCUT2D eigenvalue weighted by Gasteiger charge is -2.10. The first kappa shape index (κ1) is 10.1. The zero-order chi connectivity index (χ0) is 10.1. The number of halogens is 1. The van der Waals surface area contributed by atoms with E-state index < -0.39 is 15.8 Å². The predicted molar refractivity (Wildman–Crippen MR) is 45.1 cm³/mol. The molecule has 0 bridgehead atoms. The van der Waals surface area contributed by atoms with Gasteiger partial charge in [-0.3, -0.25) is 4.98 Å². The average molecular weight is 204 g/mol. The number of hydrogen-bond acceptors (Lipinski definition) is 3. The van der Waals surface area contributed by atoms with Gasteiger partial charge in [-0.2, -0.15) is 0 Å². The van der Waals surface area contributed by atoms with Crippen LogP contribution in [0.1, 0.15) is 0 Å². The first-order chi connectivity index (χ1) is 5.94. The van der Waals surface area contributed by atoms with E-state index in [1.54, 1.807) is 0 Å². The van der Waals surface area contributed by atoms with Crippen molar-refractivity contribution in [1.82, 2.24) is 9.29 Å². The maximum absolute atomic E-state index is 12.6. The molecule has 4 nitrogen and oxygen atoms in total. The van der Waals surface area contributed by atoms with Crippen molar-refractivity contribution in [3.8, 4) is 0 Å². The Morgan fingerprint density at radius 3 is 2.46 bits per heavy atom. The van der Waals surface area contributed by atoms with E-state index in [1.807, 2.05) is 0 Å².